The number of aliphatic hydroxyl groups is 1. The topological polar surface area (TPSA) is 70.9 Å². The minimum atomic E-state index is -0.562. The third-order valence-corrected chi connectivity index (χ3v) is 3.50. The van der Waals surface area contributed by atoms with E-state index in [0.29, 0.717) is 10.9 Å². The summed E-state index contributed by atoms with van der Waals surface area (Å²) in [5, 5.41) is 16.7. The molecule has 2 N–H and O–H groups in total. The quantitative estimate of drug-likeness (QED) is 0.793. The van der Waals surface area contributed by atoms with Crippen molar-refractivity contribution < 1.29 is 5.11 Å². The van der Waals surface area contributed by atoms with Crippen LogP contribution < -0.4 is 5.69 Å². The Balaban J connectivity index is 1.99. The Kier molecular flexibility index (Phi) is 3.65. The lowest BCUT2D eigenvalue weighted by Crippen LogP contribution is -2.13. The molecule has 0 fully saturated rings. The van der Waals surface area contributed by atoms with Crippen LogP contribution in [0.4, 0.5) is 0 Å². The highest BCUT2D eigenvalue weighted by molar-refractivity contribution is 7.99. The fourth-order valence-corrected chi connectivity index (χ4v) is 2.27. The second kappa shape index (κ2) is 5.20. The van der Waals surface area contributed by atoms with Crippen molar-refractivity contribution in [1.29, 1.82) is 0 Å². The van der Waals surface area contributed by atoms with E-state index in [2.05, 4.69) is 10.2 Å². The molecule has 0 radical (unpaired) electrons. The normalized spacial score (nSPS) is 12.6. The number of hydrogen-bond acceptors (Lipinski definition) is 4. The molecular formula is C11H13N3O2S. The minimum absolute atomic E-state index is 0.248. The molecule has 1 aromatic carbocycles. The van der Waals surface area contributed by atoms with Crippen molar-refractivity contribution in [3.63, 3.8) is 0 Å². The Morgan fingerprint density at radius 2 is 2.18 bits per heavy atom. The van der Waals surface area contributed by atoms with Crippen molar-refractivity contribution in [3.05, 3.63) is 46.4 Å². The molecular weight excluding hydrogens is 238 g/mol. The third-order valence-electron chi connectivity index (χ3n) is 2.39. The molecule has 17 heavy (non-hydrogen) atoms. The second-order valence-corrected chi connectivity index (χ2v) is 4.59. The summed E-state index contributed by atoms with van der Waals surface area (Å²) in [4.78, 5) is 11.1. The highest BCUT2D eigenvalue weighted by Crippen LogP contribution is 2.21. The molecule has 1 atom stereocenters. The average Bonchev–Trinajstić information content (AvgIpc) is 2.68. The van der Waals surface area contributed by atoms with Crippen LogP contribution in [0.25, 0.3) is 0 Å². The Bertz CT molecular complexity index is 535. The van der Waals surface area contributed by atoms with Crippen LogP contribution in [0.5, 0.6) is 0 Å². The van der Waals surface area contributed by atoms with Gasteiger partial charge in [-0.1, -0.05) is 42.1 Å². The number of aromatic nitrogens is 3. The lowest BCUT2D eigenvalue weighted by molar-refractivity contribution is 0.204. The zero-order chi connectivity index (χ0) is 12.3. The predicted molar refractivity (Wildman–Crippen MR) is 66.0 cm³/mol. The van der Waals surface area contributed by atoms with Gasteiger partial charge in [0.15, 0.2) is 5.16 Å². The highest BCUT2D eigenvalue weighted by atomic mass is 32.2. The summed E-state index contributed by atoms with van der Waals surface area (Å²) < 4.78 is 1.42. The number of hydrogen-bond donors (Lipinski definition) is 2. The van der Waals surface area contributed by atoms with Gasteiger partial charge in [0.1, 0.15) is 0 Å². The van der Waals surface area contributed by atoms with E-state index in [1.54, 1.807) is 7.05 Å². The molecule has 0 saturated heterocycles. The first-order valence-corrected chi connectivity index (χ1v) is 6.14. The van der Waals surface area contributed by atoms with E-state index in [1.165, 1.54) is 16.3 Å². The van der Waals surface area contributed by atoms with Gasteiger partial charge in [-0.15, -0.1) is 5.10 Å². The first kappa shape index (κ1) is 11.9. The zero-order valence-electron chi connectivity index (χ0n) is 9.33. The maximum absolute atomic E-state index is 11.1. The molecule has 5 nitrogen and oxygen atoms in total. The van der Waals surface area contributed by atoms with Crippen molar-refractivity contribution in [2.24, 2.45) is 7.05 Å². The molecule has 0 spiro atoms. The second-order valence-electron chi connectivity index (χ2n) is 3.61. The van der Waals surface area contributed by atoms with Crippen LogP contribution in [-0.2, 0) is 7.05 Å². The predicted octanol–water partition coefficient (Wildman–Crippen LogP) is 0.934. The van der Waals surface area contributed by atoms with E-state index in [1.807, 2.05) is 30.3 Å². The molecule has 0 aliphatic rings. The van der Waals surface area contributed by atoms with Crippen LogP contribution in [0.2, 0.25) is 0 Å². The maximum atomic E-state index is 11.1. The van der Waals surface area contributed by atoms with Gasteiger partial charge in [0.05, 0.1) is 6.10 Å². The molecule has 1 unspecified atom stereocenters. The van der Waals surface area contributed by atoms with Crippen LogP contribution >= 0.6 is 11.8 Å². The maximum Gasteiger partial charge on any atom is 0.343 e. The molecule has 90 valence electrons. The number of rotatable bonds is 4. The molecule has 0 aliphatic heterocycles. The van der Waals surface area contributed by atoms with Crippen molar-refractivity contribution in [2.75, 3.05) is 5.75 Å². The fraction of sp³-hybridized carbons (Fsp3) is 0.273. The summed E-state index contributed by atoms with van der Waals surface area (Å²) in [7, 11) is 1.64. The Labute approximate surface area is 102 Å². The van der Waals surface area contributed by atoms with Gasteiger partial charge >= 0.3 is 5.69 Å². The Hall–Kier alpha value is -1.53. The number of aromatic amines is 1. The van der Waals surface area contributed by atoms with Crippen LogP contribution in [0, 0.1) is 0 Å². The van der Waals surface area contributed by atoms with Crippen LogP contribution in [0.15, 0.2) is 40.3 Å². The van der Waals surface area contributed by atoms with Gasteiger partial charge in [0.2, 0.25) is 0 Å². The smallest absolute Gasteiger partial charge is 0.343 e. The molecule has 1 heterocycles. The van der Waals surface area contributed by atoms with Gasteiger partial charge in [-0.2, -0.15) is 0 Å². The molecule has 0 saturated carbocycles. The SMILES string of the molecule is Cn1c(SCC(O)c2ccccc2)n[nH]c1=O. The van der Waals surface area contributed by atoms with Crippen LogP contribution in [0.3, 0.4) is 0 Å². The number of nitrogens with one attached hydrogen (secondary N) is 1. The molecule has 2 rings (SSSR count). The fourth-order valence-electron chi connectivity index (χ4n) is 1.39. The van der Waals surface area contributed by atoms with Crippen molar-refractivity contribution in [2.45, 2.75) is 11.3 Å². The number of H-pyrrole nitrogens is 1. The minimum Gasteiger partial charge on any atom is -0.388 e. The van der Waals surface area contributed by atoms with Crippen molar-refractivity contribution in [1.82, 2.24) is 14.8 Å². The monoisotopic (exact) mass is 251 g/mol. The molecule has 1 aromatic heterocycles. The van der Waals surface area contributed by atoms with Gasteiger partial charge < -0.3 is 5.11 Å². The summed E-state index contributed by atoms with van der Waals surface area (Å²) in [5.41, 5.74) is 0.613. The number of aliphatic hydroxyl groups excluding tert-OH is 1. The molecule has 6 heteroatoms. The van der Waals surface area contributed by atoms with E-state index in [0.717, 1.165) is 5.56 Å². The third kappa shape index (κ3) is 2.78. The van der Waals surface area contributed by atoms with E-state index < -0.39 is 6.10 Å². The van der Waals surface area contributed by atoms with Gasteiger partial charge in [-0.25, -0.2) is 9.89 Å². The zero-order valence-corrected chi connectivity index (χ0v) is 10.1. The molecule has 0 aliphatic carbocycles. The van der Waals surface area contributed by atoms with Gasteiger partial charge in [0, 0.05) is 12.8 Å². The number of thioether (sulfide) groups is 1. The first-order chi connectivity index (χ1) is 8.18. The van der Waals surface area contributed by atoms with Crippen LogP contribution in [0.1, 0.15) is 11.7 Å². The summed E-state index contributed by atoms with van der Waals surface area (Å²) >= 11 is 1.34. The molecule has 2 aromatic rings. The first-order valence-electron chi connectivity index (χ1n) is 5.15. The van der Waals surface area contributed by atoms with Gasteiger partial charge in [-0.05, 0) is 5.56 Å². The van der Waals surface area contributed by atoms with E-state index >= 15 is 0 Å². The standard InChI is InChI=1S/C11H13N3O2S/c1-14-10(16)12-13-11(14)17-7-9(15)8-5-3-2-4-6-8/h2-6,9,15H,7H2,1H3,(H,12,16). The van der Waals surface area contributed by atoms with Gasteiger partial charge in [0.25, 0.3) is 0 Å². The summed E-state index contributed by atoms with van der Waals surface area (Å²) in [5.74, 6) is 0.460. The summed E-state index contributed by atoms with van der Waals surface area (Å²) in [6, 6.07) is 9.41. The van der Waals surface area contributed by atoms with Crippen molar-refractivity contribution >= 4 is 11.8 Å². The summed E-state index contributed by atoms with van der Waals surface area (Å²) in [6.07, 6.45) is -0.562. The number of nitrogens with zero attached hydrogens (tertiary/aromatic N) is 2. The van der Waals surface area contributed by atoms with Crippen molar-refractivity contribution in [3.8, 4) is 0 Å². The highest BCUT2D eigenvalue weighted by Gasteiger charge is 2.10. The van der Waals surface area contributed by atoms with E-state index in [4.69, 9.17) is 0 Å². The lowest BCUT2D eigenvalue weighted by Gasteiger charge is -2.09. The average molecular weight is 251 g/mol. The summed E-state index contributed by atoms with van der Waals surface area (Å²) in [6.45, 7) is 0. The van der Waals surface area contributed by atoms with E-state index in [9.17, 15) is 9.90 Å². The van der Waals surface area contributed by atoms with Crippen LogP contribution in [-0.4, -0.2) is 25.6 Å². The Morgan fingerprint density at radius 1 is 1.47 bits per heavy atom. The Morgan fingerprint density at radius 3 is 2.76 bits per heavy atom. The van der Waals surface area contributed by atoms with E-state index in [-0.39, 0.29) is 5.69 Å². The largest absolute Gasteiger partial charge is 0.388 e. The lowest BCUT2D eigenvalue weighted by atomic mass is 10.1. The molecule has 0 bridgehead atoms. The molecule has 0 amide bonds. The van der Waals surface area contributed by atoms with Gasteiger partial charge in [-0.3, -0.25) is 4.57 Å². The number of benzene rings is 1.